The van der Waals surface area contributed by atoms with E-state index in [1.165, 1.54) is 11.6 Å². The van der Waals surface area contributed by atoms with Gasteiger partial charge in [-0.15, -0.1) is 23.7 Å². The van der Waals surface area contributed by atoms with Crippen molar-refractivity contribution in [3.63, 3.8) is 0 Å². The number of hydrogen-bond acceptors (Lipinski definition) is 6. The number of rotatable bonds is 4. The van der Waals surface area contributed by atoms with Crippen molar-refractivity contribution in [3.05, 3.63) is 80.0 Å². The first-order valence-corrected chi connectivity index (χ1v) is 10.4. The smallest absolute Gasteiger partial charge is 0.361 e. The zero-order valence-corrected chi connectivity index (χ0v) is 18.3. The lowest BCUT2D eigenvalue weighted by Crippen LogP contribution is -2.45. The SMILES string of the molecule is Cl.O=c1cc(N2CCN(Cc3ccccc3)CC2)sc2c([N+](=O)[O-])cc(C(F)(F)F)cc12. The summed E-state index contributed by atoms with van der Waals surface area (Å²) < 4.78 is 39.3. The van der Waals surface area contributed by atoms with Gasteiger partial charge in [0, 0.05) is 50.2 Å². The third-order valence-corrected chi connectivity index (χ3v) is 6.47. The predicted molar refractivity (Wildman–Crippen MR) is 121 cm³/mol. The highest BCUT2D eigenvalue weighted by molar-refractivity contribution is 7.22. The van der Waals surface area contributed by atoms with Crippen LogP contribution >= 0.6 is 23.7 Å². The van der Waals surface area contributed by atoms with Crippen LogP contribution in [0.15, 0.2) is 53.3 Å². The summed E-state index contributed by atoms with van der Waals surface area (Å²) in [6.45, 7) is 3.51. The maximum Gasteiger partial charge on any atom is 0.416 e. The molecule has 1 saturated heterocycles. The highest BCUT2D eigenvalue weighted by atomic mass is 35.5. The van der Waals surface area contributed by atoms with Gasteiger partial charge in [-0.05, 0) is 11.6 Å². The first kappa shape index (κ1) is 24.0. The number of fused-ring (bicyclic) bond motifs is 1. The molecule has 2 heterocycles. The number of non-ortho nitro benzene ring substituents is 1. The standard InChI is InChI=1S/C21H18F3N3O3S.ClH/c22-21(23,24)15-10-16-18(28)12-19(31-20(16)17(11-15)27(29)30)26-8-6-25(7-9-26)13-14-4-2-1-3-5-14;/h1-5,10-12H,6-9,13H2;1H. The van der Waals surface area contributed by atoms with Gasteiger partial charge in [0.25, 0.3) is 5.69 Å². The molecule has 4 rings (SSSR count). The Bertz CT molecular complexity index is 1180. The van der Waals surface area contributed by atoms with Crippen molar-refractivity contribution in [2.24, 2.45) is 0 Å². The van der Waals surface area contributed by atoms with Crippen molar-refractivity contribution in [2.45, 2.75) is 12.7 Å². The van der Waals surface area contributed by atoms with Crippen LogP contribution in [0.5, 0.6) is 0 Å². The van der Waals surface area contributed by atoms with Gasteiger partial charge in [0.1, 0.15) is 4.70 Å². The molecule has 32 heavy (non-hydrogen) atoms. The number of anilines is 1. The molecule has 1 fully saturated rings. The van der Waals surface area contributed by atoms with Gasteiger partial charge in [-0.1, -0.05) is 30.3 Å². The van der Waals surface area contributed by atoms with Crippen LogP contribution in [0.25, 0.3) is 10.1 Å². The number of hydrogen-bond donors (Lipinski definition) is 0. The maximum absolute atomic E-state index is 13.1. The fourth-order valence-electron chi connectivity index (χ4n) is 3.65. The van der Waals surface area contributed by atoms with E-state index in [1.54, 1.807) is 0 Å². The molecule has 0 spiro atoms. The Morgan fingerprint density at radius 3 is 2.28 bits per heavy atom. The number of alkyl halides is 3. The number of benzene rings is 2. The highest BCUT2D eigenvalue weighted by Gasteiger charge is 2.34. The van der Waals surface area contributed by atoms with Crippen molar-refractivity contribution in [2.75, 3.05) is 31.1 Å². The Morgan fingerprint density at radius 2 is 1.69 bits per heavy atom. The minimum Gasteiger partial charge on any atom is -0.361 e. The van der Waals surface area contributed by atoms with Crippen molar-refractivity contribution in [3.8, 4) is 0 Å². The molecular formula is C21H19ClF3N3O3S. The molecule has 0 bridgehead atoms. The second kappa shape index (κ2) is 9.43. The molecule has 2 aromatic carbocycles. The number of nitro groups is 1. The van der Waals surface area contributed by atoms with E-state index < -0.39 is 27.8 Å². The molecule has 0 atom stereocenters. The molecule has 0 N–H and O–H groups in total. The number of halogens is 4. The Hall–Kier alpha value is -2.69. The minimum absolute atomic E-state index is 0. The normalized spacial score (nSPS) is 14.9. The summed E-state index contributed by atoms with van der Waals surface area (Å²) in [4.78, 5) is 27.4. The molecule has 11 heteroatoms. The zero-order chi connectivity index (χ0) is 22.2. The van der Waals surface area contributed by atoms with E-state index in [9.17, 15) is 28.1 Å². The molecule has 170 valence electrons. The van der Waals surface area contributed by atoms with Crippen molar-refractivity contribution in [1.29, 1.82) is 0 Å². The summed E-state index contributed by atoms with van der Waals surface area (Å²) in [5.41, 5.74) is -1.35. The molecule has 6 nitrogen and oxygen atoms in total. The Morgan fingerprint density at radius 1 is 1.03 bits per heavy atom. The van der Waals surface area contributed by atoms with Crippen LogP contribution in [0, 0.1) is 10.1 Å². The van der Waals surface area contributed by atoms with Gasteiger partial charge < -0.3 is 4.90 Å². The summed E-state index contributed by atoms with van der Waals surface area (Å²) in [7, 11) is 0. The fraction of sp³-hybridized carbons (Fsp3) is 0.286. The van der Waals surface area contributed by atoms with Gasteiger partial charge in [-0.2, -0.15) is 13.2 Å². The molecule has 1 aliphatic heterocycles. The molecule has 3 aromatic rings. The Kier molecular flexibility index (Phi) is 7.06. The van der Waals surface area contributed by atoms with E-state index in [-0.39, 0.29) is 22.5 Å². The van der Waals surface area contributed by atoms with Gasteiger partial charge >= 0.3 is 6.18 Å². The first-order valence-electron chi connectivity index (χ1n) is 9.57. The van der Waals surface area contributed by atoms with Crippen LogP contribution in [-0.4, -0.2) is 36.0 Å². The monoisotopic (exact) mass is 485 g/mol. The lowest BCUT2D eigenvalue weighted by Gasteiger charge is -2.35. The van der Waals surface area contributed by atoms with E-state index in [4.69, 9.17) is 0 Å². The summed E-state index contributed by atoms with van der Waals surface area (Å²) in [6, 6.07) is 12.5. The van der Waals surface area contributed by atoms with E-state index >= 15 is 0 Å². The van der Waals surface area contributed by atoms with Gasteiger partial charge in [-0.25, -0.2) is 0 Å². The molecule has 0 aliphatic carbocycles. The van der Waals surface area contributed by atoms with Gasteiger partial charge in [0.05, 0.1) is 15.5 Å². The molecule has 0 amide bonds. The number of nitrogens with zero attached hydrogens (tertiary/aromatic N) is 3. The summed E-state index contributed by atoms with van der Waals surface area (Å²) in [6.07, 6.45) is -4.77. The maximum atomic E-state index is 13.1. The third-order valence-electron chi connectivity index (χ3n) is 5.25. The van der Waals surface area contributed by atoms with E-state index in [0.717, 1.165) is 31.0 Å². The van der Waals surface area contributed by atoms with Gasteiger partial charge in [0.2, 0.25) is 0 Å². The van der Waals surface area contributed by atoms with Crippen molar-refractivity contribution in [1.82, 2.24) is 4.90 Å². The summed E-state index contributed by atoms with van der Waals surface area (Å²) in [5, 5.41) is 11.7. The van der Waals surface area contributed by atoms with Crippen LogP contribution in [0.3, 0.4) is 0 Å². The molecule has 1 aliphatic rings. The molecule has 0 radical (unpaired) electrons. The molecule has 1 aromatic heterocycles. The second-order valence-corrected chi connectivity index (χ2v) is 8.36. The number of piperazine rings is 1. The van der Waals surface area contributed by atoms with Gasteiger partial charge in [-0.3, -0.25) is 19.8 Å². The summed E-state index contributed by atoms with van der Waals surface area (Å²) >= 11 is 0.985. The quantitative estimate of drug-likeness (QED) is 0.387. The average Bonchev–Trinajstić information content (AvgIpc) is 2.73. The lowest BCUT2D eigenvalue weighted by molar-refractivity contribution is -0.383. The van der Waals surface area contributed by atoms with Crippen molar-refractivity contribution >= 4 is 44.5 Å². The molecule has 0 unspecified atom stereocenters. The molecular weight excluding hydrogens is 467 g/mol. The largest absolute Gasteiger partial charge is 0.416 e. The average molecular weight is 486 g/mol. The van der Waals surface area contributed by atoms with Crippen LogP contribution in [0.1, 0.15) is 11.1 Å². The van der Waals surface area contributed by atoms with Crippen LogP contribution < -0.4 is 10.3 Å². The second-order valence-electron chi connectivity index (χ2n) is 7.32. The van der Waals surface area contributed by atoms with Crippen LogP contribution in [0.2, 0.25) is 0 Å². The highest BCUT2D eigenvalue weighted by Crippen LogP contribution is 2.39. The predicted octanol–water partition coefficient (Wildman–Crippen LogP) is 4.93. The van der Waals surface area contributed by atoms with Crippen LogP contribution in [-0.2, 0) is 12.7 Å². The van der Waals surface area contributed by atoms with E-state index in [0.29, 0.717) is 30.2 Å². The topological polar surface area (TPSA) is 66.7 Å². The van der Waals surface area contributed by atoms with E-state index in [2.05, 4.69) is 17.0 Å². The van der Waals surface area contributed by atoms with Crippen LogP contribution in [0.4, 0.5) is 23.9 Å². The van der Waals surface area contributed by atoms with E-state index in [1.807, 2.05) is 23.1 Å². The van der Waals surface area contributed by atoms with Gasteiger partial charge in [0.15, 0.2) is 5.43 Å². The minimum atomic E-state index is -4.77. The summed E-state index contributed by atoms with van der Waals surface area (Å²) in [5.74, 6) is 0. The lowest BCUT2D eigenvalue weighted by atomic mass is 10.1. The zero-order valence-electron chi connectivity index (χ0n) is 16.7. The first-order chi connectivity index (χ1) is 14.7. The molecule has 0 saturated carbocycles. The van der Waals surface area contributed by atoms with Crippen molar-refractivity contribution < 1.29 is 18.1 Å². The fourth-order valence-corrected chi connectivity index (χ4v) is 4.85. The number of nitro benzene ring substituents is 1. The Balaban J connectivity index is 0.00000289. The Labute approximate surface area is 191 Å². The third kappa shape index (κ3) is 5.03.